The molecule has 0 aliphatic carbocycles. The summed E-state index contributed by atoms with van der Waals surface area (Å²) in [6.45, 7) is 7.09. The number of unbranched alkanes of at least 4 members (excludes halogenated alkanes) is 2. The number of benzene rings is 1. The lowest BCUT2D eigenvalue weighted by atomic mass is 10.1. The molecule has 19 heavy (non-hydrogen) atoms. The second kappa shape index (κ2) is 6.20. The van der Waals surface area contributed by atoms with E-state index in [0.717, 1.165) is 13.0 Å². The van der Waals surface area contributed by atoms with E-state index in [2.05, 4.69) is 31.3 Å². The van der Waals surface area contributed by atoms with Gasteiger partial charge in [-0.15, -0.1) is 0 Å². The zero-order valence-corrected chi connectivity index (χ0v) is 12.1. The highest BCUT2D eigenvalue weighted by molar-refractivity contribution is 5.84. The standard InChI is InChI=1S/C16H24N2O/c1-4-5-8-11-18-15(17-13(3)16(18)19)14-10-7-6-9-12(14)2/h6-7,9-10,13,15,17H,4-5,8,11H2,1-3H3. The summed E-state index contributed by atoms with van der Waals surface area (Å²) in [6, 6.07) is 8.23. The van der Waals surface area contributed by atoms with E-state index < -0.39 is 0 Å². The summed E-state index contributed by atoms with van der Waals surface area (Å²) in [5.74, 6) is 0.226. The van der Waals surface area contributed by atoms with Gasteiger partial charge in [-0.05, 0) is 31.4 Å². The van der Waals surface area contributed by atoms with Crippen molar-refractivity contribution in [2.24, 2.45) is 0 Å². The Hall–Kier alpha value is -1.35. The van der Waals surface area contributed by atoms with Gasteiger partial charge in [0.05, 0.1) is 6.04 Å². The number of carbonyl (C=O) groups is 1. The van der Waals surface area contributed by atoms with Crippen LogP contribution in [0.4, 0.5) is 0 Å². The lowest BCUT2D eigenvalue weighted by Gasteiger charge is -2.25. The van der Waals surface area contributed by atoms with E-state index in [9.17, 15) is 4.79 Å². The molecule has 3 nitrogen and oxygen atoms in total. The van der Waals surface area contributed by atoms with Crippen molar-refractivity contribution in [1.82, 2.24) is 10.2 Å². The highest BCUT2D eigenvalue weighted by Gasteiger charge is 2.36. The van der Waals surface area contributed by atoms with Gasteiger partial charge in [0, 0.05) is 6.54 Å². The molecule has 3 heteroatoms. The maximum absolute atomic E-state index is 12.3. The molecule has 0 saturated carbocycles. The van der Waals surface area contributed by atoms with Crippen LogP contribution in [0.1, 0.15) is 50.4 Å². The first kappa shape index (κ1) is 14.1. The molecule has 0 bridgehead atoms. The number of rotatable bonds is 5. The van der Waals surface area contributed by atoms with Crippen molar-refractivity contribution in [3.8, 4) is 0 Å². The Balaban J connectivity index is 2.17. The first-order valence-corrected chi connectivity index (χ1v) is 7.27. The van der Waals surface area contributed by atoms with Crippen LogP contribution in [0.15, 0.2) is 24.3 Å². The van der Waals surface area contributed by atoms with Crippen molar-refractivity contribution in [3.05, 3.63) is 35.4 Å². The Kier molecular flexibility index (Phi) is 4.59. The van der Waals surface area contributed by atoms with Gasteiger partial charge in [-0.2, -0.15) is 0 Å². The second-order valence-corrected chi connectivity index (χ2v) is 5.39. The summed E-state index contributed by atoms with van der Waals surface area (Å²) in [5, 5.41) is 3.41. The van der Waals surface area contributed by atoms with Crippen LogP contribution in [0.2, 0.25) is 0 Å². The predicted molar refractivity (Wildman–Crippen MR) is 77.8 cm³/mol. The molecule has 1 aliphatic heterocycles. The van der Waals surface area contributed by atoms with Gasteiger partial charge < -0.3 is 4.90 Å². The predicted octanol–water partition coefficient (Wildman–Crippen LogP) is 3.00. The van der Waals surface area contributed by atoms with Gasteiger partial charge in [-0.1, -0.05) is 44.0 Å². The van der Waals surface area contributed by atoms with E-state index in [-0.39, 0.29) is 18.1 Å². The first-order chi connectivity index (χ1) is 9.15. The fourth-order valence-electron chi connectivity index (χ4n) is 2.70. The van der Waals surface area contributed by atoms with Crippen molar-refractivity contribution < 1.29 is 4.79 Å². The molecular weight excluding hydrogens is 236 g/mol. The molecule has 1 N–H and O–H groups in total. The molecule has 1 saturated heterocycles. The van der Waals surface area contributed by atoms with Gasteiger partial charge in [0.2, 0.25) is 5.91 Å². The normalized spacial score (nSPS) is 23.1. The van der Waals surface area contributed by atoms with E-state index in [1.165, 1.54) is 24.0 Å². The molecule has 1 aromatic carbocycles. The molecule has 1 aliphatic rings. The van der Waals surface area contributed by atoms with Crippen LogP contribution in [0, 0.1) is 6.92 Å². The van der Waals surface area contributed by atoms with Crippen LogP contribution in [-0.2, 0) is 4.79 Å². The van der Waals surface area contributed by atoms with Crippen LogP contribution in [-0.4, -0.2) is 23.4 Å². The van der Waals surface area contributed by atoms with Crippen molar-refractivity contribution in [2.45, 2.75) is 52.2 Å². The summed E-state index contributed by atoms with van der Waals surface area (Å²) in [6.07, 6.45) is 3.48. The topological polar surface area (TPSA) is 32.3 Å². The number of hydrogen-bond donors (Lipinski definition) is 1. The molecule has 0 radical (unpaired) electrons. The molecule has 1 fully saturated rings. The highest BCUT2D eigenvalue weighted by atomic mass is 16.2. The molecule has 0 aromatic heterocycles. The third kappa shape index (κ3) is 2.98. The van der Waals surface area contributed by atoms with E-state index in [1.807, 2.05) is 24.0 Å². The molecule has 1 aromatic rings. The molecule has 0 spiro atoms. The van der Waals surface area contributed by atoms with Gasteiger partial charge in [0.15, 0.2) is 0 Å². The minimum absolute atomic E-state index is 0.0422. The Morgan fingerprint density at radius 1 is 1.26 bits per heavy atom. The molecule has 104 valence electrons. The molecule has 2 atom stereocenters. The average molecular weight is 260 g/mol. The zero-order valence-electron chi connectivity index (χ0n) is 12.1. The summed E-state index contributed by atoms with van der Waals surface area (Å²) in [5.41, 5.74) is 2.46. The van der Waals surface area contributed by atoms with Gasteiger partial charge >= 0.3 is 0 Å². The van der Waals surface area contributed by atoms with E-state index >= 15 is 0 Å². The van der Waals surface area contributed by atoms with Gasteiger partial charge in [-0.3, -0.25) is 10.1 Å². The quantitative estimate of drug-likeness (QED) is 0.825. The second-order valence-electron chi connectivity index (χ2n) is 5.39. The summed E-state index contributed by atoms with van der Waals surface area (Å²) in [4.78, 5) is 14.3. The van der Waals surface area contributed by atoms with Gasteiger partial charge in [0.25, 0.3) is 0 Å². The number of nitrogens with one attached hydrogen (secondary N) is 1. The van der Waals surface area contributed by atoms with Crippen molar-refractivity contribution in [2.75, 3.05) is 6.54 Å². The Bertz CT molecular complexity index is 444. The molecule has 2 rings (SSSR count). The SMILES string of the molecule is CCCCCN1C(=O)C(C)NC1c1ccccc1C. The van der Waals surface area contributed by atoms with Crippen LogP contribution >= 0.6 is 0 Å². The minimum Gasteiger partial charge on any atom is -0.322 e. The number of nitrogens with zero attached hydrogens (tertiary/aromatic N) is 1. The van der Waals surface area contributed by atoms with Crippen molar-refractivity contribution in [3.63, 3.8) is 0 Å². The highest BCUT2D eigenvalue weighted by Crippen LogP contribution is 2.27. The molecule has 2 unspecified atom stereocenters. The van der Waals surface area contributed by atoms with Crippen LogP contribution < -0.4 is 5.32 Å². The lowest BCUT2D eigenvalue weighted by Crippen LogP contribution is -2.31. The Morgan fingerprint density at radius 2 is 2.00 bits per heavy atom. The fraction of sp³-hybridized carbons (Fsp3) is 0.562. The maximum Gasteiger partial charge on any atom is 0.241 e. The largest absolute Gasteiger partial charge is 0.322 e. The van der Waals surface area contributed by atoms with Crippen LogP contribution in [0.5, 0.6) is 0 Å². The summed E-state index contributed by atoms with van der Waals surface area (Å²) >= 11 is 0. The monoisotopic (exact) mass is 260 g/mol. The number of aryl methyl sites for hydroxylation is 1. The molecule has 1 amide bonds. The number of carbonyl (C=O) groups excluding carboxylic acids is 1. The molecule has 1 heterocycles. The smallest absolute Gasteiger partial charge is 0.241 e. The van der Waals surface area contributed by atoms with E-state index in [0.29, 0.717) is 0 Å². The maximum atomic E-state index is 12.3. The van der Waals surface area contributed by atoms with Gasteiger partial charge in [0.1, 0.15) is 6.17 Å². The minimum atomic E-state index is -0.0776. The van der Waals surface area contributed by atoms with E-state index in [1.54, 1.807) is 0 Å². The number of amides is 1. The Morgan fingerprint density at radius 3 is 2.68 bits per heavy atom. The average Bonchev–Trinajstić information content (AvgIpc) is 2.68. The third-order valence-corrected chi connectivity index (χ3v) is 3.86. The van der Waals surface area contributed by atoms with Crippen LogP contribution in [0.25, 0.3) is 0 Å². The summed E-state index contributed by atoms with van der Waals surface area (Å²) in [7, 11) is 0. The number of hydrogen-bond acceptors (Lipinski definition) is 2. The third-order valence-electron chi connectivity index (χ3n) is 3.86. The zero-order chi connectivity index (χ0) is 13.8. The van der Waals surface area contributed by atoms with Crippen molar-refractivity contribution >= 4 is 5.91 Å². The Labute approximate surface area is 116 Å². The van der Waals surface area contributed by atoms with Gasteiger partial charge in [-0.25, -0.2) is 0 Å². The van der Waals surface area contributed by atoms with Crippen molar-refractivity contribution in [1.29, 1.82) is 0 Å². The lowest BCUT2D eigenvalue weighted by molar-refractivity contribution is -0.129. The van der Waals surface area contributed by atoms with Crippen LogP contribution in [0.3, 0.4) is 0 Å². The molecular formula is C16H24N2O. The summed E-state index contributed by atoms with van der Waals surface area (Å²) < 4.78 is 0. The van der Waals surface area contributed by atoms with E-state index in [4.69, 9.17) is 0 Å². The first-order valence-electron chi connectivity index (χ1n) is 7.27. The fourth-order valence-corrected chi connectivity index (χ4v) is 2.70.